The van der Waals surface area contributed by atoms with E-state index in [0.29, 0.717) is 5.82 Å². The summed E-state index contributed by atoms with van der Waals surface area (Å²) in [6.45, 7) is 3.90. The summed E-state index contributed by atoms with van der Waals surface area (Å²) in [6.07, 6.45) is 1.07. The van der Waals surface area contributed by atoms with Gasteiger partial charge < -0.3 is 10.0 Å². The number of urea groups is 1. The molecule has 0 radical (unpaired) electrons. The van der Waals surface area contributed by atoms with Gasteiger partial charge in [0.25, 0.3) is 0 Å². The Balaban J connectivity index is 2.18. The monoisotopic (exact) mass is 288 g/mol. The van der Waals surface area contributed by atoms with Gasteiger partial charge in [-0.3, -0.25) is 5.32 Å². The van der Waals surface area contributed by atoms with Gasteiger partial charge in [0.1, 0.15) is 5.82 Å². The van der Waals surface area contributed by atoms with Gasteiger partial charge in [-0.25, -0.2) is 9.48 Å². The SMILES string of the molecule is Cc1ccccc1-n1nccc1NC(=O)N(C)CC(C)O. The maximum Gasteiger partial charge on any atom is 0.322 e. The lowest BCUT2D eigenvalue weighted by Crippen LogP contribution is -2.36. The number of anilines is 1. The maximum atomic E-state index is 12.1. The molecule has 0 aliphatic rings. The summed E-state index contributed by atoms with van der Waals surface area (Å²) in [4.78, 5) is 13.5. The van der Waals surface area contributed by atoms with E-state index < -0.39 is 6.10 Å². The van der Waals surface area contributed by atoms with Gasteiger partial charge >= 0.3 is 6.03 Å². The Morgan fingerprint density at radius 1 is 1.43 bits per heavy atom. The number of hydrogen-bond donors (Lipinski definition) is 2. The largest absolute Gasteiger partial charge is 0.392 e. The zero-order chi connectivity index (χ0) is 15.4. The molecule has 1 aromatic heterocycles. The maximum absolute atomic E-state index is 12.1. The van der Waals surface area contributed by atoms with Gasteiger partial charge in [0.15, 0.2) is 0 Å². The third-order valence-electron chi connectivity index (χ3n) is 3.11. The van der Waals surface area contributed by atoms with E-state index in [1.165, 1.54) is 4.90 Å². The summed E-state index contributed by atoms with van der Waals surface area (Å²) in [5, 5.41) is 16.4. The van der Waals surface area contributed by atoms with E-state index in [4.69, 9.17) is 0 Å². The molecular formula is C15H20N4O2. The fourth-order valence-electron chi connectivity index (χ4n) is 2.08. The van der Waals surface area contributed by atoms with Gasteiger partial charge in [-0.15, -0.1) is 0 Å². The summed E-state index contributed by atoms with van der Waals surface area (Å²) in [7, 11) is 1.64. The summed E-state index contributed by atoms with van der Waals surface area (Å²) < 4.78 is 1.68. The molecule has 0 saturated carbocycles. The Morgan fingerprint density at radius 3 is 2.81 bits per heavy atom. The van der Waals surface area contributed by atoms with Crippen molar-refractivity contribution in [2.24, 2.45) is 0 Å². The number of hydrogen-bond acceptors (Lipinski definition) is 3. The average Bonchev–Trinajstić information content (AvgIpc) is 2.86. The number of benzene rings is 1. The molecule has 2 amide bonds. The molecule has 1 atom stereocenters. The molecule has 2 N–H and O–H groups in total. The summed E-state index contributed by atoms with van der Waals surface area (Å²) >= 11 is 0. The lowest BCUT2D eigenvalue weighted by molar-refractivity contribution is 0.149. The quantitative estimate of drug-likeness (QED) is 0.904. The van der Waals surface area contributed by atoms with Crippen LogP contribution < -0.4 is 5.32 Å². The molecule has 2 rings (SSSR count). The number of aliphatic hydroxyl groups is 1. The van der Waals surface area contributed by atoms with Crippen molar-refractivity contribution in [2.45, 2.75) is 20.0 Å². The van der Waals surface area contributed by atoms with E-state index >= 15 is 0 Å². The Kier molecular flexibility index (Phi) is 4.59. The van der Waals surface area contributed by atoms with E-state index in [-0.39, 0.29) is 12.6 Å². The van der Waals surface area contributed by atoms with Crippen LogP contribution in [0.15, 0.2) is 36.5 Å². The Hall–Kier alpha value is -2.34. The lowest BCUT2D eigenvalue weighted by atomic mass is 10.2. The molecule has 0 saturated heterocycles. The number of nitrogens with zero attached hydrogens (tertiary/aromatic N) is 3. The Bertz CT molecular complexity index is 622. The summed E-state index contributed by atoms with van der Waals surface area (Å²) in [5.41, 5.74) is 1.98. The number of nitrogens with one attached hydrogen (secondary N) is 1. The number of carbonyl (C=O) groups is 1. The van der Waals surface area contributed by atoms with Crippen LogP contribution in [0.2, 0.25) is 0 Å². The van der Waals surface area contributed by atoms with E-state index in [1.807, 2.05) is 31.2 Å². The van der Waals surface area contributed by atoms with Crippen LogP contribution in [0.5, 0.6) is 0 Å². The summed E-state index contributed by atoms with van der Waals surface area (Å²) in [5.74, 6) is 0.590. The first-order chi connectivity index (χ1) is 9.99. The number of aryl methyl sites for hydroxylation is 1. The number of aliphatic hydroxyl groups excluding tert-OH is 1. The molecule has 0 aliphatic carbocycles. The molecule has 6 heteroatoms. The van der Waals surface area contributed by atoms with Crippen LogP contribution in [0, 0.1) is 6.92 Å². The van der Waals surface area contributed by atoms with Crippen LogP contribution in [0.3, 0.4) is 0 Å². The van der Waals surface area contributed by atoms with Crippen LogP contribution >= 0.6 is 0 Å². The van der Waals surface area contributed by atoms with Gasteiger partial charge in [0, 0.05) is 19.7 Å². The molecule has 112 valence electrons. The van der Waals surface area contributed by atoms with E-state index in [2.05, 4.69) is 10.4 Å². The molecule has 0 spiro atoms. The number of likely N-dealkylation sites (N-methyl/N-ethyl adjacent to an activating group) is 1. The van der Waals surface area contributed by atoms with Crippen molar-refractivity contribution < 1.29 is 9.90 Å². The fourth-order valence-corrected chi connectivity index (χ4v) is 2.08. The lowest BCUT2D eigenvalue weighted by Gasteiger charge is -2.19. The standard InChI is InChI=1S/C15H20N4O2/c1-11-6-4-5-7-13(11)19-14(8-9-16-19)17-15(21)18(3)10-12(2)20/h4-9,12,20H,10H2,1-3H3,(H,17,21). The first kappa shape index (κ1) is 15.1. The van der Waals surface area contributed by atoms with Crippen LogP contribution in [-0.4, -0.2) is 45.5 Å². The number of para-hydroxylation sites is 1. The van der Waals surface area contributed by atoms with Crippen molar-refractivity contribution >= 4 is 11.8 Å². The van der Waals surface area contributed by atoms with Gasteiger partial charge in [0.05, 0.1) is 18.0 Å². The smallest absolute Gasteiger partial charge is 0.322 e. The molecule has 6 nitrogen and oxygen atoms in total. The van der Waals surface area contributed by atoms with Gasteiger partial charge in [-0.1, -0.05) is 18.2 Å². The highest BCUT2D eigenvalue weighted by molar-refractivity contribution is 5.88. The van der Waals surface area contributed by atoms with Crippen LogP contribution in [0.1, 0.15) is 12.5 Å². The minimum Gasteiger partial charge on any atom is -0.392 e. The van der Waals surface area contributed by atoms with Crippen molar-refractivity contribution in [2.75, 3.05) is 18.9 Å². The molecule has 1 heterocycles. The molecule has 21 heavy (non-hydrogen) atoms. The Morgan fingerprint density at radius 2 is 2.14 bits per heavy atom. The normalized spacial score (nSPS) is 12.0. The second-order valence-electron chi connectivity index (χ2n) is 5.07. The van der Waals surface area contributed by atoms with Crippen molar-refractivity contribution in [3.63, 3.8) is 0 Å². The van der Waals surface area contributed by atoms with Crippen molar-refractivity contribution in [1.29, 1.82) is 0 Å². The highest BCUT2D eigenvalue weighted by atomic mass is 16.3. The molecule has 1 aromatic carbocycles. The van der Waals surface area contributed by atoms with Crippen LogP contribution in [0.4, 0.5) is 10.6 Å². The van der Waals surface area contributed by atoms with Gasteiger partial charge in [0.2, 0.25) is 0 Å². The predicted molar refractivity (Wildman–Crippen MR) is 81.6 cm³/mol. The highest BCUT2D eigenvalue weighted by Gasteiger charge is 2.14. The number of rotatable bonds is 4. The zero-order valence-electron chi connectivity index (χ0n) is 12.4. The molecular weight excluding hydrogens is 268 g/mol. The second-order valence-corrected chi connectivity index (χ2v) is 5.07. The van der Waals surface area contributed by atoms with Crippen molar-refractivity contribution in [1.82, 2.24) is 14.7 Å². The van der Waals surface area contributed by atoms with E-state index in [1.54, 1.807) is 30.9 Å². The number of aromatic nitrogens is 2. The molecule has 1 unspecified atom stereocenters. The third kappa shape index (κ3) is 3.61. The van der Waals surface area contributed by atoms with E-state index in [9.17, 15) is 9.90 Å². The van der Waals surface area contributed by atoms with Crippen molar-refractivity contribution in [3.8, 4) is 5.69 Å². The topological polar surface area (TPSA) is 70.4 Å². The first-order valence-electron chi connectivity index (χ1n) is 6.79. The second kappa shape index (κ2) is 6.41. The molecule has 0 bridgehead atoms. The van der Waals surface area contributed by atoms with Crippen molar-refractivity contribution in [3.05, 3.63) is 42.1 Å². The Labute approximate surface area is 124 Å². The minimum atomic E-state index is -0.568. The highest BCUT2D eigenvalue weighted by Crippen LogP contribution is 2.18. The average molecular weight is 288 g/mol. The fraction of sp³-hybridized carbons (Fsp3) is 0.333. The van der Waals surface area contributed by atoms with Gasteiger partial charge in [-0.2, -0.15) is 5.10 Å². The molecule has 2 aromatic rings. The minimum absolute atomic E-state index is 0.268. The first-order valence-corrected chi connectivity index (χ1v) is 6.79. The van der Waals surface area contributed by atoms with Crippen LogP contribution in [-0.2, 0) is 0 Å². The third-order valence-corrected chi connectivity index (χ3v) is 3.11. The molecule has 0 fully saturated rings. The zero-order valence-corrected chi connectivity index (χ0v) is 12.4. The summed E-state index contributed by atoms with van der Waals surface area (Å²) in [6, 6.07) is 9.26. The van der Waals surface area contributed by atoms with Crippen LogP contribution in [0.25, 0.3) is 5.69 Å². The number of carbonyl (C=O) groups excluding carboxylic acids is 1. The predicted octanol–water partition coefficient (Wildman–Crippen LogP) is 2.03. The number of amides is 2. The van der Waals surface area contributed by atoms with E-state index in [0.717, 1.165) is 11.3 Å². The molecule has 0 aliphatic heterocycles. The van der Waals surface area contributed by atoms with Gasteiger partial charge in [-0.05, 0) is 25.5 Å².